The van der Waals surface area contributed by atoms with Crippen LogP contribution in [0, 0.1) is 12.7 Å². The molecule has 0 saturated carbocycles. The van der Waals surface area contributed by atoms with Crippen molar-refractivity contribution in [2.75, 3.05) is 6.54 Å². The molecular formula is C21H21FN6O3. The number of H-pyrrole nitrogens is 1. The lowest BCUT2D eigenvalue weighted by molar-refractivity contribution is 0.0440. The fraction of sp³-hybridized carbons (Fsp3) is 0.333. The number of aromatic amines is 1. The van der Waals surface area contributed by atoms with Crippen LogP contribution in [-0.4, -0.2) is 47.0 Å². The topological polar surface area (TPSA) is 113 Å². The molecule has 0 spiro atoms. The van der Waals surface area contributed by atoms with Crippen LogP contribution in [-0.2, 0) is 12.0 Å². The molecule has 31 heavy (non-hydrogen) atoms. The van der Waals surface area contributed by atoms with Gasteiger partial charge in [0.2, 0.25) is 11.7 Å². The Bertz CT molecular complexity index is 1300. The summed E-state index contributed by atoms with van der Waals surface area (Å²) in [5.41, 5.74) is 1.43. The van der Waals surface area contributed by atoms with Gasteiger partial charge in [0.05, 0.1) is 23.4 Å². The van der Waals surface area contributed by atoms with Gasteiger partial charge in [0, 0.05) is 24.9 Å². The second-order valence-corrected chi connectivity index (χ2v) is 8.17. The van der Waals surface area contributed by atoms with Crippen molar-refractivity contribution in [3.05, 3.63) is 71.0 Å². The van der Waals surface area contributed by atoms with Crippen LogP contribution in [0.4, 0.5) is 4.39 Å². The van der Waals surface area contributed by atoms with Crippen LogP contribution in [0.15, 0.2) is 35.1 Å². The van der Waals surface area contributed by atoms with Crippen molar-refractivity contribution in [2.45, 2.75) is 38.8 Å². The molecule has 4 aromatic heterocycles. The first-order valence-electron chi connectivity index (χ1n) is 9.91. The van der Waals surface area contributed by atoms with Crippen molar-refractivity contribution < 1.29 is 18.7 Å². The number of carbonyl (C=O) groups excluding carboxylic acids is 1. The summed E-state index contributed by atoms with van der Waals surface area (Å²) in [5.74, 6) is -0.678. The van der Waals surface area contributed by atoms with E-state index in [0.29, 0.717) is 35.6 Å². The van der Waals surface area contributed by atoms with Crippen molar-refractivity contribution in [1.29, 1.82) is 0 Å². The van der Waals surface area contributed by atoms with Crippen LogP contribution in [0.25, 0.3) is 5.52 Å². The van der Waals surface area contributed by atoms with Gasteiger partial charge in [-0.2, -0.15) is 5.10 Å². The molecule has 1 aliphatic heterocycles. The number of hydrogen-bond acceptors (Lipinski definition) is 6. The average Bonchev–Trinajstić information content (AvgIpc) is 3.44. The largest absolute Gasteiger partial charge is 0.432 e. The van der Waals surface area contributed by atoms with Gasteiger partial charge < -0.3 is 19.4 Å². The lowest BCUT2D eigenvalue weighted by Gasteiger charge is -2.33. The number of nitrogens with zero attached hydrogens (tertiary/aromatic N) is 5. The smallest absolute Gasteiger partial charge is 0.292 e. The number of pyridine rings is 1. The van der Waals surface area contributed by atoms with Crippen molar-refractivity contribution in [1.82, 2.24) is 29.5 Å². The molecule has 10 heteroatoms. The van der Waals surface area contributed by atoms with Gasteiger partial charge in [-0.25, -0.2) is 18.9 Å². The SMILES string of the molecule is Cc1nc(C(C)(C)O)oc1C(=O)N1CCc2[nH]cnc2[C@H]1c1cc2c(F)cccn2n1. The van der Waals surface area contributed by atoms with Gasteiger partial charge in [0.15, 0.2) is 0 Å². The highest BCUT2D eigenvalue weighted by Crippen LogP contribution is 2.35. The zero-order valence-electron chi connectivity index (χ0n) is 17.3. The number of nitrogens with one attached hydrogen (secondary N) is 1. The first-order valence-corrected chi connectivity index (χ1v) is 9.91. The number of imidazole rings is 1. The lowest BCUT2D eigenvalue weighted by atomic mass is 9.99. The van der Waals surface area contributed by atoms with Crippen LogP contribution < -0.4 is 0 Å². The number of amides is 1. The number of hydrogen-bond donors (Lipinski definition) is 2. The van der Waals surface area contributed by atoms with Gasteiger partial charge in [0.25, 0.3) is 5.91 Å². The van der Waals surface area contributed by atoms with Gasteiger partial charge >= 0.3 is 0 Å². The molecule has 0 bridgehead atoms. The minimum Gasteiger partial charge on any atom is -0.432 e. The summed E-state index contributed by atoms with van der Waals surface area (Å²) in [5, 5.41) is 14.7. The predicted molar refractivity (Wildman–Crippen MR) is 107 cm³/mol. The van der Waals surface area contributed by atoms with Crippen LogP contribution in [0.2, 0.25) is 0 Å². The van der Waals surface area contributed by atoms with Crippen molar-refractivity contribution in [3.8, 4) is 0 Å². The van der Waals surface area contributed by atoms with E-state index in [2.05, 4.69) is 20.1 Å². The fourth-order valence-electron chi connectivity index (χ4n) is 3.92. The van der Waals surface area contributed by atoms with E-state index in [1.807, 2.05) is 0 Å². The number of halogens is 1. The van der Waals surface area contributed by atoms with E-state index in [-0.39, 0.29) is 11.7 Å². The third-order valence-electron chi connectivity index (χ3n) is 5.45. The van der Waals surface area contributed by atoms with Crippen molar-refractivity contribution in [2.24, 2.45) is 0 Å². The number of carbonyl (C=O) groups is 1. The molecule has 0 aromatic carbocycles. The van der Waals surface area contributed by atoms with Gasteiger partial charge in [-0.15, -0.1) is 0 Å². The second-order valence-electron chi connectivity index (χ2n) is 8.17. The summed E-state index contributed by atoms with van der Waals surface area (Å²) >= 11 is 0. The molecule has 160 valence electrons. The second kappa shape index (κ2) is 6.74. The Morgan fingerprint density at radius 1 is 1.42 bits per heavy atom. The van der Waals surface area contributed by atoms with E-state index in [0.717, 1.165) is 5.69 Å². The molecule has 5 heterocycles. The van der Waals surface area contributed by atoms with Crippen LogP contribution >= 0.6 is 0 Å². The first kappa shape index (κ1) is 19.4. The summed E-state index contributed by atoms with van der Waals surface area (Å²) < 4.78 is 21.4. The van der Waals surface area contributed by atoms with Gasteiger partial charge in [0.1, 0.15) is 23.0 Å². The standard InChI is InChI=1S/C21H21FN6O3/c1-11-18(31-20(25-11)21(2,3)30)19(29)27-8-6-13-16(24-10-23-13)17(27)14-9-15-12(22)5-4-7-28(15)26-14/h4-5,7,9-10,17,30H,6,8H2,1-3H3,(H,23,24)/t17-/m1/s1. The first-order chi connectivity index (χ1) is 14.7. The van der Waals surface area contributed by atoms with Crippen LogP contribution in [0.5, 0.6) is 0 Å². The molecular weight excluding hydrogens is 403 g/mol. The highest BCUT2D eigenvalue weighted by atomic mass is 19.1. The minimum absolute atomic E-state index is 0.0519. The third-order valence-corrected chi connectivity index (χ3v) is 5.45. The van der Waals surface area contributed by atoms with Crippen molar-refractivity contribution >= 4 is 11.4 Å². The molecule has 2 N–H and O–H groups in total. The molecule has 1 amide bonds. The molecule has 1 aliphatic rings. The molecule has 5 rings (SSSR count). The monoisotopic (exact) mass is 424 g/mol. The maximum atomic E-state index is 14.3. The van der Waals surface area contributed by atoms with E-state index in [1.54, 1.807) is 36.5 Å². The normalized spacial score (nSPS) is 16.7. The summed E-state index contributed by atoms with van der Waals surface area (Å²) in [6, 6.07) is 3.93. The maximum absolute atomic E-state index is 14.3. The average molecular weight is 424 g/mol. The number of aromatic nitrogens is 5. The van der Waals surface area contributed by atoms with E-state index in [1.165, 1.54) is 24.4 Å². The van der Waals surface area contributed by atoms with Crippen LogP contribution in [0.1, 0.15) is 59.1 Å². The van der Waals surface area contributed by atoms with E-state index < -0.39 is 23.4 Å². The molecule has 1 atom stereocenters. The summed E-state index contributed by atoms with van der Waals surface area (Å²) in [6.07, 6.45) is 3.80. The number of aliphatic hydroxyl groups is 1. The lowest BCUT2D eigenvalue weighted by Crippen LogP contribution is -2.41. The maximum Gasteiger partial charge on any atom is 0.292 e. The van der Waals surface area contributed by atoms with Gasteiger partial charge in [-0.1, -0.05) is 0 Å². The van der Waals surface area contributed by atoms with E-state index in [9.17, 15) is 14.3 Å². The number of oxazole rings is 1. The highest BCUT2D eigenvalue weighted by Gasteiger charge is 2.39. The highest BCUT2D eigenvalue weighted by molar-refractivity contribution is 5.93. The fourth-order valence-corrected chi connectivity index (χ4v) is 3.92. The van der Waals surface area contributed by atoms with E-state index >= 15 is 0 Å². The van der Waals surface area contributed by atoms with Crippen molar-refractivity contribution in [3.63, 3.8) is 0 Å². The Labute approximate surface area is 176 Å². The molecule has 0 fully saturated rings. The summed E-state index contributed by atoms with van der Waals surface area (Å²) in [7, 11) is 0. The Morgan fingerprint density at radius 3 is 2.94 bits per heavy atom. The zero-order chi connectivity index (χ0) is 21.9. The molecule has 4 aromatic rings. The predicted octanol–water partition coefficient (Wildman–Crippen LogP) is 2.51. The number of aryl methyl sites for hydroxylation is 1. The minimum atomic E-state index is -1.32. The summed E-state index contributed by atoms with van der Waals surface area (Å²) in [4.78, 5) is 26.9. The Morgan fingerprint density at radius 2 is 2.23 bits per heavy atom. The third kappa shape index (κ3) is 3.10. The van der Waals surface area contributed by atoms with Crippen LogP contribution in [0.3, 0.4) is 0 Å². The molecule has 0 saturated heterocycles. The quantitative estimate of drug-likeness (QED) is 0.523. The summed E-state index contributed by atoms with van der Waals surface area (Å²) in [6.45, 7) is 5.12. The molecule has 0 unspecified atom stereocenters. The Kier molecular flexibility index (Phi) is 4.23. The number of rotatable bonds is 3. The Balaban J connectivity index is 1.61. The number of fused-ring (bicyclic) bond motifs is 2. The van der Waals surface area contributed by atoms with Gasteiger partial charge in [-0.3, -0.25) is 4.79 Å². The molecule has 0 aliphatic carbocycles. The van der Waals surface area contributed by atoms with Gasteiger partial charge in [-0.05, 0) is 39.0 Å². The molecule has 0 radical (unpaired) electrons. The Hall–Kier alpha value is -3.53. The van der Waals surface area contributed by atoms with E-state index in [4.69, 9.17) is 4.42 Å². The zero-order valence-corrected chi connectivity index (χ0v) is 17.3. The molecule has 9 nitrogen and oxygen atoms in total.